The van der Waals surface area contributed by atoms with Crippen molar-refractivity contribution in [3.63, 3.8) is 0 Å². The van der Waals surface area contributed by atoms with Gasteiger partial charge < -0.3 is 14.2 Å². The second kappa shape index (κ2) is 68.8. The fraction of sp³-hybridized carbons (Fsp3) is 0.747. The van der Waals surface area contributed by atoms with Gasteiger partial charge in [-0.15, -0.1) is 0 Å². The molecule has 1 atom stereocenters. The van der Waals surface area contributed by atoms with Gasteiger partial charge in [-0.3, -0.25) is 14.4 Å². The lowest BCUT2D eigenvalue weighted by molar-refractivity contribution is -0.167. The highest BCUT2D eigenvalue weighted by Gasteiger charge is 2.19. The predicted molar refractivity (Wildman–Crippen MR) is 353 cm³/mol. The first-order valence-corrected chi connectivity index (χ1v) is 34.7. The number of esters is 3. The molecule has 1 unspecified atom stereocenters. The van der Waals surface area contributed by atoms with Crippen molar-refractivity contribution >= 4 is 17.9 Å². The number of allylic oxidation sites excluding steroid dienone is 16. The van der Waals surface area contributed by atoms with Crippen molar-refractivity contribution in [2.45, 2.75) is 348 Å². The van der Waals surface area contributed by atoms with Crippen LogP contribution in [0.4, 0.5) is 0 Å². The van der Waals surface area contributed by atoms with Crippen LogP contribution >= 0.6 is 0 Å². The minimum atomic E-state index is -0.784. The van der Waals surface area contributed by atoms with Gasteiger partial charge in [0.1, 0.15) is 13.2 Å². The molecule has 0 saturated carbocycles. The maximum absolute atomic E-state index is 12.9. The lowest BCUT2D eigenvalue weighted by Crippen LogP contribution is -2.30. The molecule has 6 nitrogen and oxygen atoms in total. The van der Waals surface area contributed by atoms with E-state index < -0.39 is 6.10 Å². The van der Waals surface area contributed by atoms with Gasteiger partial charge in [-0.05, 0) is 122 Å². The largest absolute Gasteiger partial charge is 0.462 e. The van der Waals surface area contributed by atoms with Gasteiger partial charge >= 0.3 is 17.9 Å². The predicted octanol–water partition coefficient (Wildman–Crippen LogP) is 24.0. The molecule has 0 aromatic heterocycles. The number of hydrogen-bond donors (Lipinski definition) is 0. The first-order chi connectivity index (χ1) is 40.0. The average molecular weight is 1130 g/mol. The van der Waals surface area contributed by atoms with Crippen LogP contribution in [0.5, 0.6) is 0 Å². The number of carbonyl (C=O) groups is 3. The minimum absolute atomic E-state index is 0.0796. The first-order valence-electron chi connectivity index (χ1n) is 34.7. The van der Waals surface area contributed by atoms with E-state index in [1.807, 2.05) is 0 Å². The van der Waals surface area contributed by atoms with Crippen LogP contribution in [-0.2, 0) is 28.6 Å². The molecule has 0 bridgehead atoms. The monoisotopic (exact) mass is 1130 g/mol. The number of rotatable bonds is 63. The smallest absolute Gasteiger partial charge is 0.306 e. The first kappa shape index (κ1) is 77.3. The molecule has 0 rings (SSSR count). The molecule has 0 aromatic rings. The Hall–Kier alpha value is -3.67. The standard InChI is InChI=1S/C75H130O6/c1-4-7-10-13-16-19-22-25-28-29-30-31-32-33-34-35-36-37-38-39-40-41-42-43-44-45-46-47-48-51-53-56-59-62-65-68-74(77)80-71-72(81-75(78)69-66-63-60-57-54-50-27-24-21-18-15-12-9-6-3)70-79-73(76)67-64-61-58-55-52-49-26-23-20-17-14-11-8-5-2/h7,10,16,19,23-28,30-31,33-34,36-37,72H,4-6,8-9,11-15,17-18,20-22,29,32,35,38-71H2,1-3H3/b10-7-,19-16-,26-23-,27-24-,28-25-,31-30-,34-33-,37-36-. The summed E-state index contributed by atoms with van der Waals surface area (Å²) in [5, 5.41) is 0. The van der Waals surface area contributed by atoms with E-state index in [2.05, 4.69) is 118 Å². The van der Waals surface area contributed by atoms with E-state index in [0.717, 1.165) is 116 Å². The zero-order chi connectivity index (χ0) is 58.5. The highest BCUT2D eigenvalue weighted by Crippen LogP contribution is 2.17. The zero-order valence-electron chi connectivity index (χ0n) is 53.5. The minimum Gasteiger partial charge on any atom is -0.462 e. The molecule has 0 heterocycles. The van der Waals surface area contributed by atoms with Gasteiger partial charge in [0, 0.05) is 19.3 Å². The Kier molecular flexibility index (Phi) is 65.7. The van der Waals surface area contributed by atoms with E-state index in [-0.39, 0.29) is 31.1 Å². The molecule has 0 spiro atoms. The average Bonchev–Trinajstić information content (AvgIpc) is 3.47. The fourth-order valence-electron chi connectivity index (χ4n) is 9.85. The van der Waals surface area contributed by atoms with Gasteiger partial charge in [0.25, 0.3) is 0 Å². The second-order valence-corrected chi connectivity index (χ2v) is 23.1. The normalized spacial score (nSPS) is 12.7. The van der Waals surface area contributed by atoms with Crippen molar-refractivity contribution in [2.24, 2.45) is 0 Å². The van der Waals surface area contributed by atoms with E-state index in [9.17, 15) is 14.4 Å². The molecule has 0 fully saturated rings. The molecular weight excluding hydrogens is 997 g/mol. The summed E-state index contributed by atoms with van der Waals surface area (Å²) in [6.07, 6.45) is 92.9. The highest BCUT2D eigenvalue weighted by molar-refractivity contribution is 5.71. The molecule has 0 aromatic carbocycles. The molecule has 0 aliphatic heterocycles. The third-order valence-electron chi connectivity index (χ3n) is 15.0. The number of ether oxygens (including phenoxy) is 3. The quantitative estimate of drug-likeness (QED) is 0.0261. The lowest BCUT2D eigenvalue weighted by Gasteiger charge is -2.18. The van der Waals surface area contributed by atoms with Crippen LogP contribution in [0.1, 0.15) is 342 Å². The van der Waals surface area contributed by atoms with Crippen LogP contribution in [0.3, 0.4) is 0 Å². The fourth-order valence-corrected chi connectivity index (χ4v) is 9.85. The van der Waals surface area contributed by atoms with E-state index in [4.69, 9.17) is 14.2 Å². The summed E-state index contributed by atoms with van der Waals surface area (Å²) < 4.78 is 16.9. The molecule has 0 saturated heterocycles. The van der Waals surface area contributed by atoms with Crippen LogP contribution in [0, 0.1) is 0 Å². The molecule has 0 amide bonds. The molecular formula is C75H130O6. The second-order valence-electron chi connectivity index (χ2n) is 23.1. The van der Waals surface area contributed by atoms with Gasteiger partial charge in [-0.2, -0.15) is 0 Å². The molecule has 6 heteroatoms. The summed E-state index contributed by atoms with van der Waals surface area (Å²) >= 11 is 0. The van der Waals surface area contributed by atoms with Crippen LogP contribution < -0.4 is 0 Å². The van der Waals surface area contributed by atoms with Crippen molar-refractivity contribution in [2.75, 3.05) is 13.2 Å². The lowest BCUT2D eigenvalue weighted by atomic mass is 10.0. The van der Waals surface area contributed by atoms with Crippen molar-refractivity contribution in [3.05, 3.63) is 97.2 Å². The Morgan fingerprint density at radius 2 is 0.481 bits per heavy atom. The Bertz CT molecular complexity index is 1580. The van der Waals surface area contributed by atoms with Crippen LogP contribution in [0.2, 0.25) is 0 Å². The third-order valence-corrected chi connectivity index (χ3v) is 15.0. The molecule has 0 aliphatic carbocycles. The van der Waals surface area contributed by atoms with Gasteiger partial charge in [0.2, 0.25) is 0 Å². The maximum atomic E-state index is 12.9. The molecule has 0 N–H and O–H groups in total. The number of hydrogen-bond acceptors (Lipinski definition) is 6. The topological polar surface area (TPSA) is 78.9 Å². The van der Waals surface area contributed by atoms with Crippen LogP contribution in [0.25, 0.3) is 0 Å². The van der Waals surface area contributed by atoms with Crippen molar-refractivity contribution in [3.8, 4) is 0 Å². The van der Waals surface area contributed by atoms with Crippen molar-refractivity contribution in [1.29, 1.82) is 0 Å². The SMILES string of the molecule is CC/C=C\C/C=C\C/C=C\C/C=C\C/C=C\C/C=C\CCCCCCCCCCCCCCCCCCC(=O)OCC(COC(=O)CCCCCCC/C=C\CCCCCCC)OC(=O)CCCCCCC/C=C\CCCCCCC. The summed E-state index contributed by atoms with van der Waals surface area (Å²) in [6.45, 7) is 6.53. The molecule has 0 radical (unpaired) electrons. The Labute approximate surface area is 502 Å². The number of carbonyl (C=O) groups excluding carboxylic acids is 3. The Morgan fingerprint density at radius 3 is 0.765 bits per heavy atom. The summed E-state index contributed by atoms with van der Waals surface area (Å²) in [5.41, 5.74) is 0. The maximum Gasteiger partial charge on any atom is 0.306 e. The van der Waals surface area contributed by atoms with Gasteiger partial charge in [-0.25, -0.2) is 0 Å². The van der Waals surface area contributed by atoms with Crippen molar-refractivity contribution < 1.29 is 28.6 Å². The summed E-state index contributed by atoms with van der Waals surface area (Å²) in [5.74, 6) is -0.883. The Balaban J connectivity index is 4.14. The summed E-state index contributed by atoms with van der Waals surface area (Å²) in [6, 6.07) is 0. The summed E-state index contributed by atoms with van der Waals surface area (Å²) in [4.78, 5) is 38.3. The van der Waals surface area contributed by atoms with Gasteiger partial charge in [-0.1, -0.05) is 298 Å². The molecule has 466 valence electrons. The van der Waals surface area contributed by atoms with Gasteiger partial charge in [0.15, 0.2) is 6.10 Å². The molecule has 0 aliphatic rings. The zero-order valence-corrected chi connectivity index (χ0v) is 53.5. The Morgan fingerprint density at radius 1 is 0.259 bits per heavy atom. The van der Waals surface area contributed by atoms with E-state index in [0.29, 0.717) is 19.3 Å². The van der Waals surface area contributed by atoms with E-state index in [1.54, 1.807) is 0 Å². The highest BCUT2D eigenvalue weighted by atomic mass is 16.6. The summed E-state index contributed by atoms with van der Waals surface area (Å²) in [7, 11) is 0. The third kappa shape index (κ3) is 67.0. The van der Waals surface area contributed by atoms with Crippen LogP contribution in [-0.4, -0.2) is 37.2 Å². The van der Waals surface area contributed by atoms with E-state index in [1.165, 1.54) is 186 Å². The van der Waals surface area contributed by atoms with Crippen LogP contribution in [0.15, 0.2) is 97.2 Å². The number of unbranched alkanes of at least 4 members (excludes halogenated alkanes) is 36. The van der Waals surface area contributed by atoms with Crippen molar-refractivity contribution in [1.82, 2.24) is 0 Å². The van der Waals surface area contributed by atoms with E-state index >= 15 is 0 Å². The molecule has 81 heavy (non-hydrogen) atoms. The van der Waals surface area contributed by atoms with Gasteiger partial charge in [0.05, 0.1) is 0 Å².